The van der Waals surface area contributed by atoms with Crippen molar-refractivity contribution < 1.29 is 18.3 Å². The zero-order valence-corrected chi connectivity index (χ0v) is 13.4. The summed E-state index contributed by atoms with van der Waals surface area (Å²) in [7, 11) is -3.98. The van der Waals surface area contributed by atoms with Crippen molar-refractivity contribution in [3.63, 3.8) is 0 Å². The molecule has 2 rings (SSSR count). The first kappa shape index (κ1) is 16.7. The first-order valence-electron chi connectivity index (χ1n) is 6.72. The molecule has 22 heavy (non-hydrogen) atoms. The summed E-state index contributed by atoms with van der Waals surface area (Å²) in [5.74, 6) is -1.76. The molecule has 0 aromatic heterocycles. The van der Waals surface area contributed by atoms with Gasteiger partial charge in [-0.05, 0) is 31.9 Å². The number of carbonyl (C=O) groups is 1. The third-order valence-corrected chi connectivity index (χ3v) is 6.19. The van der Waals surface area contributed by atoms with E-state index in [4.69, 9.17) is 22.0 Å². The average molecular weight is 343 g/mol. The standard InChI is InChI=1S/C14H15ClN2O4S/c1-9-5-6-10(14(18)19)8-17(9)22(20,21)13-4-2-3-12(15)11(13)7-16/h2-4,9-10H,5-6,8H2,1H3,(H,18,19). The van der Waals surface area contributed by atoms with Gasteiger partial charge in [0.15, 0.2) is 0 Å². The number of hydrogen-bond acceptors (Lipinski definition) is 4. The van der Waals surface area contributed by atoms with Gasteiger partial charge >= 0.3 is 5.97 Å². The minimum atomic E-state index is -3.98. The van der Waals surface area contributed by atoms with Gasteiger partial charge in [-0.15, -0.1) is 0 Å². The Morgan fingerprint density at radius 2 is 2.14 bits per heavy atom. The second-order valence-electron chi connectivity index (χ2n) is 5.26. The Hall–Kier alpha value is -1.62. The van der Waals surface area contributed by atoms with E-state index in [-0.39, 0.29) is 28.1 Å². The van der Waals surface area contributed by atoms with Crippen molar-refractivity contribution in [2.75, 3.05) is 6.54 Å². The fraction of sp³-hybridized carbons (Fsp3) is 0.429. The molecule has 0 saturated carbocycles. The summed E-state index contributed by atoms with van der Waals surface area (Å²) in [5.41, 5.74) is -0.117. The highest BCUT2D eigenvalue weighted by atomic mass is 35.5. The quantitative estimate of drug-likeness (QED) is 0.906. The van der Waals surface area contributed by atoms with Crippen LogP contribution in [-0.4, -0.2) is 36.4 Å². The summed E-state index contributed by atoms with van der Waals surface area (Å²) in [6, 6.07) is 5.69. The van der Waals surface area contributed by atoms with E-state index in [1.54, 1.807) is 13.0 Å². The Labute approximate surface area is 134 Å². The van der Waals surface area contributed by atoms with Crippen LogP contribution in [0.4, 0.5) is 0 Å². The first-order valence-corrected chi connectivity index (χ1v) is 8.54. The van der Waals surface area contributed by atoms with E-state index < -0.39 is 21.9 Å². The molecule has 0 bridgehead atoms. The fourth-order valence-corrected chi connectivity index (χ4v) is 4.71. The minimum Gasteiger partial charge on any atom is -0.481 e. The van der Waals surface area contributed by atoms with Crippen molar-refractivity contribution in [2.24, 2.45) is 5.92 Å². The molecule has 1 aliphatic rings. The van der Waals surface area contributed by atoms with Crippen LogP contribution in [0, 0.1) is 17.2 Å². The number of carboxylic acid groups (broad SMARTS) is 1. The molecule has 8 heteroatoms. The normalized spacial score (nSPS) is 23.0. The van der Waals surface area contributed by atoms with Crippen molar-refractivity contribution in [3.05, 3.63) is 28.8 Å². The van der Waals surface area contributed by atoms with Gasteiger partial charge in [-0.2, -0.15) is 9.57 Å². The van der Waals surface area contributed by atoms with E-state index in [0.717, 1.165) is 4.31 Å². The van der Waals surface area contributed by atoms with Crippen molar-refractivity contribution in [3.8, 4) is 6.07 Å². The SMILES string of the molecule is CC1CCC(C(=O)O)CN1S(=O)(=O)c1cccc(Cl)c1C#N. The van der Waals surface area contributed by atoms with E-state index in [0.29, 0.717) is 12.8 Å². The summed E-state index contributed by atoms with van der Waals surface area (Å²) >= 11 is 5.89. The summed E-state index contributed by atoms with van der Waals surface area (Å²) in [6.45, 7) is 1.63. The molecule has 6 nitrogen and oxygen atoms in total. The number of halogens is 1. The summed E-state index contributed by atoms with van der Waals surface area (Å²) in [6.07, 6.45) is 0.891. The Bertz CT molecular complexity index is 742. The molecule has 1 aromatic rings. The number of sulfonamides is 1. The van der Waals surface area contributed by atoms with Gasteiger partial charge in [0.25, 0.3) is 0 Å². The molecule has 2 atom stereocenters. The smallest absolute Gasteiger partial charge is 0.307 e. The molecule has 1 N–H and O–H groups in total. The predicted octanol–water partition coefficient (Wildman–Crippen LogP) is 2.09. The zero-order valence-electron chi connectivity index (χ0n) is 11.9. The van der Waals surface area contributed by atoms with Gasteiger partial charge in [-0.3, -0.25) is 4.79 Å². The summed E-state index contributed by atoms with van der Waals surface area (Å²) in [4.78, 5) is 11.0. The molecular formula is C14H15ClN2O4S. The van der Waals surface area contributed by atoms with Gasteiger partial charge in [-0.1, -0.05) is 17.7 Å². The molecule has 0 spiro atoms. The molecular weight excluding hydrogens is 328 g/mol. The van der Waals surface area contributed by atoms with Gasteiger partial charge in [0, 0.05) is 12.6 Å². The highest BCUT2D eigenvalue weighted by Gasteiger charge is 2.38. The van der Waals surface area contributed by atoms with Gasteiger partial charge in [0.2, 0.25) is 10.0 Å². The second-order valence-corrected chi connectivity index (χ2v) is 7.53. The Balaban J connectivity index is 2.48. The molecule has 1 saturated heterocycles. The third kappa shape index (κ3) is 2.95. The van der Waals surface area contributed by atoms with Crippen molar-refractivity contribution in [2.45, 2.75) is 30.7 Å². The van der Waals surface area contributed by atoms with Crippen LogP contribution in [0.15, 0.2) is 23.1 Å². The Morgan fingerprint density at radius 3 is 2.73 bits per heavy atom. The molecule has 1 aromatic carbocycles. The van der Waals surface area contributed by atoms with Gasteiger partial charge in [0.1, 0.15) is 11.0 Å². The summed E-state index contributed by atoms with van der Waals surface area (Å²) < 4.78 is 26.8. The van der Waals surface area contributed by atoms with Crippen LogP contribution in [0.3, 0.4) is 0 Å². The molecule has 118 valence electrons. The largest absolute Gasteiger partial charge is 0.481 e. The molecule has 0 aliphatic carbocycles. The van der Waals surface area contributed by atoms with E-state index in [9.17, 15) is 13.2 Å². The van der Waals surface area contributed by atoms with Crippen LogP contribution in [-0.2, 0) is 14.8 Å². The number of nitriles is 1. The first-order chi connectivity index (χ1) is 10.3. The molecule has 0 amide bonds. The van der Waals surface area contributed by atoms with Gasteiger partial charge < -0.3 is 5.11 Å². The molecule has 2 unspecified atom stereocenters. The Kier molecular flexibility index (Phi) is 4.75. The number of aliphatic carboxylic acids is 1. The fourth-order valence-electron chi connectivity index (χ4n) is 2.57. The van der Waals surface area contributed by atoms with Crippen molar-refractivity contribution >= 4 is 27.6 Å². The number of piperidine rings is 1. The van der Waals surface area contributed by atoms with Gasteiger partial charge in [-0.25, -0.2) is 8.42 Å². The van der Waals surface area contributed by atoms with E-state index in [1.807, 2.05) is 0 Å². The van der Waals surface area contributed by atoms with Crippen LogP contribution >= 0.6 is 11.6 Å². The Morgan fingerprint density at radius 1 is 1.45 bits per heavy atom. The van der Waals surface area contributed by atoms with Crippen LogP contribution < -0.4 is 0 Å². The molecule has 1 heterocycles. The number of nitrogens with zero attached hydrogens (tertiary/aromatic N) is 2. The highest BCUT2D eigenvalue weighted by molar-refractivity contribution is 7.89. The monoisotopic (exact) mass is 342 g/mol. The average Bonchev–Trinajstić information content (AvgIpc) is 2.46. The number of hydrogen-bond donors (Lipinski definition) is 1. The lowest BCUT2D eigenvalue weighted by molar-refractivity contribution is -0.143. The number of benzene rings is 1. The van der Waals surface area contributed by atoms with Crippen LogP contribution in [0.5, 0.6) is 0 Å². The highest BCUT2D eigenvalue weighted by Crippen LogP contribution is 2.31. The maximum atomic E-state index is 12.8. The van der Waals surface area contributed by atoms with E-state index >= 15 is 0 Å². The maximum absolute atomic E-state index is 12.8. The van der Waals surface area contributed by atoms with E-state index in [2.05, 4.69) is 0 Å². The topological polar surface area (TPSA) is 98.5 Å². The second kappa shape index (κ2) is 6.24. The summed E-state index contributed by atoms with van der Waals surface area (Å²) in [5, 5.41) is 18.3. The molecule has 1 aliphatic heterocycles. The molecule has 1 fully saturated rings. The van der Waals surface area contributed by atoms with Crippen molar-refractivity contribution in [1.82, 2.24) is 4.31 Å². The number of carboxylic acids is 1. The van der Waals surface area contributed by atoms with Crippen molar-refractivity contribution in [1.29, 1.82) is 5.26 Å². The van der Waals surface area contributed by atoms with Gasteiger partial charge in [0.05, 0.1) is 16.5 Å². The molecule has 0 radical (unpaired) electrons. The van der Waals surface area contributed by atoms with Crippen LogP contribution in [0.25, 0.3) is 0 Å². The van der Waals surface area contributed by atoms with Crippen LogP contribution in [0.1, 0.15) is 25.3 Å². The minimum absolute atomic E-state index is 0.0584. The van der Waals surface area contributed by atoms with E-state index in [1.165, 1.54) is 18.2 Å². The predicted molar refractivity (Wildman–Crippen MR) is 79.9 cm³/mol. The lowest BCUT2D eigenvalue weighted by atomic mass is 9.96. The van der Waals surface area contributed by atoms with Crippen LogP contribution in [0.2, 0.25) is 5.02 Å². The maximum Gasteiger partial charge on any atom is 0.307 e. The lowest BCUT2D eigenvalue weighted by Crippen LogP contribution is -2.47. The lowest BCUT2D eigenvalue weighted by Gasteiger charge is -2.35. The zero-order chi connectivity index (χ0) is 16.5. The number of rotatable bonds is 3. The third-order valence-electron chi connectivity index (χ3n) is 3.85.